The van der Waals surface area contributed by atoms with Gasteiger partial charge in [0.2, 0.25) is 11.7 Å². The maximum Gasteiger partial charge on any atom is 0.274 e. The Balaban J connectivity index is 1.52. The molecule has 0 aliphatic carbocycles. The third kappa shape index (κ3) is 4.07. The average molecular weight is 407 g/mol. The molecular weight excluding hydrogens is 388 g/mol. The van der Waals surface area contributed by atoms with Gasteiger partial charge in [-0.2, -0.15) is 4.98 Å². The summed E-state index contributed by atoms with van der Waals surface area (Å²) >= 11 is 5.93. The summed E-state index contributed by atoms with van der Waals surface area (Å²) in [4.78, 5) is 17.0. The van der Waals surface area contributed by atoms with E-state index in [9.17, 15) is 4.79 Å². The normalized spacial score (nSPS) is 10.9. The number of hydrogen-bond acceptors (Lipinski definition) is 4. The standard InChI is InChI=1S/C22H19ClN4O2/c1-14-5-3-6-18(15(14)2)24-20(28)13-27-12-4-7-19(27)22-25-21(26-29-22)16-8-10-17(23)11-9-16/h3-12H,13H2,1-2H3,(H,24,28). The van der Waals surface area contributed by atoms with E-state index in [0.29, 0.717) is 22.4 Å². The van der Waals surface area contributed by atoms with Gasteiger partial charge >= 0.3 is 0 Å². The van der Waals surface area contributed by atoms with Crippen molar-refractivity contribution in [2.45, 2.75) is 20.4 Å². The lowest BCUT2D eigenvalue weighted by atomic mass is 10.1. The van der Waals surface area contributed by atoms with Crippen LogP contribution in [0.1, 0.15) is 11.1 Å². The molecule has 7 heteroatoms. The van der Waals surface area contributed by atoms with E-state index in [2.05, 4.69) is 15.5 Å². The van der Waals surface area contributed by atoms with Crippen LogP contribution in [0.2, 0.25) is 5.02 Å². The summed E-state index contributed by atoms with van der Waals surface area (Å²) in [5.41, 5.74) is 4.47. The van der Waals surface area contributed by atoms with E-state index < -0.39 is 0 Å². The fourth-order valence-electron chi connectivity index (χ4n) is 3.02. The van der Waals surface area contributed by atoms with Gasteiger partial charge in [0.05, 0.1) is 0 Å². The van der Waals surface area contributed by atoms with E-state index in [0.717, 1.165) is 22.4 Å². The summed E-state index contributed by atoms with van der Waals surface area (Å²) in [5, 5.41) is 7.64. The van der Waals surface area contributed by atoms with E-state index in [4.69, 9.17) is 16.1 Å². The Labute approximate surface area is 173 Å². The Morgan fingerprint density at radius 1 is 1.10 bits per heavy atom. The largest absolute Gasteiger partial charge is 0.334 e. The second-order valence-electron chi connectivity index (χ2n) is 6.75. The van der Waals surface area contributed by atoms with Crippen LogP contribution < -0.4 is 5.32 Å². The lowest BCUT2D eigenvalue weighted by Gasteiger charge is -2.11. The van der Waals surface area contributed by atoms with Gasteiger partial charge in [0, 0.05) is 22.5 Å². The number of benzene rings is 2. The minimum Gasteiger partial charge on any atom is -0.334 e. The Hall–Kier alpha value is -3.38. The Morgan fingerprint density at radius 3 is 2.69 bits per heavy atom. The first kappa shape index (κ1) is 19.0. The highest BCUT2D eigenvalue weighted by Crippen LogP contribution is 2.24. The summed E-state index contributed by atoms with van der Waals surface area (Å²) in [6, 6.07) is 16.7. The molecule has 2 aromatic carbocycles. The number of carbonyl (C=O) groups is 1. The predicted molar refractivity (Wildman–Crippen MR) is 113 cm³/mol. The lowest BCUT2D eigenvalue weighted by Crippen LogP contribution is -2.19. The maximum absolute atomic E-state index is 12.6. The molecule has 4 aromatic rings. The monoisotopic (exact) mass is 406 g/mol. The number of nitrogens with one attached hydrogen (secondary N) is 1. The lowest BCUT2D eigenvalue weighted by molar-refractivity contribution is -0.116. The van der Waals surface area contributed by atoms with Crippen LogP contribution in [-0.2, 0) is 11.3 Å². The molecule has 6 nitrogen and oxygen atoms in total. The second-order valence-corrected chi connectivity index (χ2v) is 7.18. The molecule has 0 bridgehead atoms. The van der Waals surface area contributed by atoms with Gasteiger partial charge in [0.15, 0.2) is 0 Å². The quantitative estimate of drug-likeness (QED) is 0.499. The number of carbonyl (C=O) groups excluding carboxylic acids is 1. The number of aryl methyl sites for hydroxylation is 1. The average Bonchev–Trinajstić information content (AvgIpc) is 3.35. The van der Waals surface area contributed by atoms with Crippen molar-refractivity contribution in [1.29, 1.82) is 0 Å². The van der Waals surface area contributed by atoms with Crippen molar-refractivity contribution in [2.24, 2.45) is 0 Å². The first-order valence-electron chi connectivity index (χ1n) is 9.12. The fourth-order valence-corrected chi connectivity index (χ4v) is 3.15. The van der Waals surface area contributed by atoms with Crippen LogP contribution in [0.3, 0.4) is 0 Å². The topological polar surface area (TPSA) is 73.0 Å². The van der Waals surface area contributed by atoms with E-state index in [1.54, 1.807) is 16.7 Å². The maximum atomic E-state index is 12.6. The highest BCUT2D eigenvalue weighted by atomic mass is 35.5. The smallest absolute Gasteiger partial charge is 0.274 e. The van der Waals surface area contributed by atoms with E-state index in [1.165, 1.54) is 0 Å². The Morgan fingerprint density at radius 2 is 1.90 bits per heavy atom. The molecule has 2 aromatic heterocycles. The summed E-state index contributed by atoms with van der Waals surface area (Å²) < 4.78 is 7.20. The Bertz CT molecular complexity index is 1160. The molecule has 2 heterocycles. The van der Waals surface area contributed by atoms with Crippen molar-refractivity contribution in [3.8, 4) is 23.0 Å². The number of amides is 1. The summed E-state index contributed by atoms with van der Waals surface area (Å²) in [6.07, 6.45) is 1.81. The third-order valence-electron chi connectivity index (χ3n) is 4.77. The van der Waals surface area contributed by atoms with Gasteiger partial charge in [-0.05, 0) is 67.4 Å². The van der Waals surface area contributed by atoms with Crippen LogP contribution in [0.5, 0.6) is 0 Å². The SMILES string of the molecule is Cc1cccc(NC(=O)Cn2cccc2-c2nc(-c3ccc(Cl)cc3)no2)c1C. The van der Waals surface area contributed by atoms with Gasteiger partial charge in [0.1, 0.15) is 12.2 Å². The predicted octanol–water partition coefficient (Wildman–Crippen LogP) is 5.11. The molecule has 0 fully saturated rings. The van der Waals surface area contributed by atoms with E-state index in [-0.39, 0.29) is 12.5 Å². The number of halogens is 1. The molecule has 4 rings (SSSR count). The van der Waals surface area contributed by atoms with Crippen molar-refractivity contribution in [3.63, 3.8) is 0 Å². The number of hydrogen-bond donors (Lipinski definition) is 1. The molecule has 0 aliphatic rings. The van der Waals surface area contributed by atoms with Gasteiger partial charge in [-0.1, -0.05) is 28.9 Å². The highest BCUT2D eigenvalue weighted by molar-refractivity contribution is 6.30. The van der Waals surface area contributed by atoms with Gasteiger partial charge in [-0.15, -0.1) is 0 Å². The Kier molecular flexibility index (Phi) is 5.18. The summed E-state index contributed by atoms with van der Waals surface area (Å²) in [7, 11) is 0. The molecule has 0 saturated heterocycles. The molecule has 0 aliphatic heterocycles. The first-order chi connectivity index (χ1) is 14.0. The molecule has 1 N–H and O–H groups in total. The minimum atomic E-state index is -0.131. The van der Waals surface area contributed by atoms with Crippen molar-refractivity contribution in [1.82, 2.24) is 14.7 Å². The zero-order chi connectivity index (χ0) is 20.4. The van der Waals surface area contributed by atoms with Crippen LogP contribution in [0.15, 0.2) is 65.3 Å². The van der Waals surface area contributed by atoms with Gasteiger partial charge < -0.3 is 14.4 Å². The van der Waals surface area contributed by atoms with Crippen molar-refractivity contribution < 1.29 is 9.32 Å². The molecule has 146 valence electrons. The van der Waals surface area contributed by atoms with Crippen LogP contribution in [0.25, 0.3) is 23.0 Å². The van der Waals surface area contributed by atoms with Crippen molar-refractivity contribution >= 4 is 23.2 Å². The molecular formula is C22H19ClN4O2. The summed E-state index contributed by atoms with van der Waals surface area (Å²) in [6.45, 7) is 4.14. The fraction of sp³-hybridized carbons (Fsp3) is 0.136. The number of nitrogens with zero attached hydrogens (tertiary/aromatic N) is 3. The highest BCUT2D eigenvalue weighted by Gasteiger charge is 2.16. The van der Waals surface area contributed by atoms with Crippen LogP contribution >= 0.6 is 11.6 Å². The number of anilines is 1. The first-order valence-corrected chi connectivity index (χ1v) is 9.50. The molecule has 0 saturated carbocycles. The molecule has 0 unspecified atom stereocenters. The third-order valence-corrected chi connectivity index (χ3v) is 5.02. The van der Waals surface area contributed by atoms with Gasteiger partial charge in [-0.3, -0.25) is 4.79 Å². The number of rotatable bonds is 5. The van der Waals surface area contributed by atoms with Gasteiger partial charge in [0.25, 0.3) is 5.89 Å². The van der Waals surface area contributed by atoms with Crippen molar-refractivity contribution in [2.75, 3.05) is 5.32 Å². The molecule has 0 spiro atoms. The van der Waals surface area contributed by atoms with Crippen LogP contribution in [0, 0.1) is 13.8 Å². The van der Waals surface area contributed by atoms with Crippen LogP contribution in [-0.4, -0.2) is 20.6 Å². The number of aromatic nitrogens is 3. The van der Waals surface area contributed by atoms with Gasteiger partial charge in [-0.25, -0.2) is 0 Å². The van der Waals surface area contributed by atoms with Crippen LogP contribution in [0.4, 0.5) is 5.69 Å². The van der Waals surface area contributed by atoms with Crippen molar-refractivity contribution in [3.05, 3.63) is 76.9 Å². The van der Waals surface area contributed by atoms with E-state index in [1.807, 2.05) is 62.5 Å². The minimum absolute atomic E-state index is 0.131. The summed E-state index contributed by atoms with van der Waals surface area (Å²) in [5.74, 6) is 0.678. The molecule has 0 radical (unpaired) electrons. The zero-order valence-electron chi connectivity index (χ0n) is 16.0. The second kappa shape index (κ2) is 7.93. The van der Waals surface area contributed by atoms with E-state index >= 15 is 0 Å². The molecule has 1 amide bonds. The molecule has 29 heavy (non-hydrogen) atoms. The zero-order valence-corrected chi connectivity index (χ0v) is 16.8. The molecule has 0 atom stereocenters.